The third kappa shape index (κ3) is 4.10. The normalized spacial score (nSPS) is 11.0. The number of benzene rings is 3. The van der Waals surface area contributed by atoms with E-state index in [1.165, 1.54) is 0 Å². The third-order valence-corrected chi connectivity index (χ3v) is 4.94. The summed E-state index contributed by atoms with van der Waals surface area (Å²) in [6.07, 6.45) is 1.59. The minimum absolute atomic E-state index is 0.0221. The maximum absolute atomic E-state index is 12.3. The number of ether oxygens (including phenoxy) is 1. The Hall–Kier alpha value is -3.31. The van der Waals surface area contributed by atoms with Crippen LogP contribution >= 0.6 is 11.6 Å². The fourth-order valence-electron chi connectivity index (χ4n) is 3.31. The molecule has 0 saturated heterocycles. The summed E-state index contributed by atoms with van der Waals surface area (Å²) in [7, 11) is 0. The Morgan fingerprint density at radius 2 is 1.93 bits per heavy atom. The SMILES string of the molecule is Cc1cc(Cl)ccc1NC(=O)COC(=O)Cc1coc2ccc3ccccc3c12. The van der Waals surface area contributed by atoms with Crippen LogP contribution in [-0.2, 0) is 20.7 Å². The van der Waals surface area contributed by atoms with Crippen molar-refractivity contribution in [2.24, 2.45) is 0 Å². The van der Waals surface area contributed by atoms with Crippen LogP contribution in [0, 0.1) is 6.92 Å². The first-order valence-electron chi connectivity index (χ1n) is 9.11. The second kappa shape index (κ2) is 7.97. The molecular formula is C23H18ClNO4. The van der Waals surface area contributed by atoms with Crippen LogP contribution in [0.2, 0.25) is 5.02 Å². The molecule has 0 aliphatic heterocycles. The van der Waals surface area contributed by atoms with Gasteiger partial charge in [0.2, 0.25) is 0 Å². The predicted molar refractivity (Wildman–Crippen MR) is 113 cm³/mol. The predicted octanol–water partition coefficient (Wildman–Crippen LogP) is 5.27. The lowest BCUT2D eigenvalue weighted by Crippen LogP contribution is -2.22. The van der Waals surface area contributed by atoms with Crippen molar-refractivity contribution in [1.82, 2.24) is 0 Å². The molecule has 1 N–H and O–H groups in total. The zero-order valence-corrected chi connectivity index (χ0v) is 16.5. The number of anilines is 1. The van der Waals surface area contributed by atoms with Gasteiger partial charge in [0, 0.05) is 21.7 Å². The number of carbonyl (C=O) groups excluding carboxylic acids is 2. The zero-order chi connectivity index (χ0) is 20.4. The Balaban J connectivity index is 1.42. The van der Waals surface area contributed by atoms with Crippen LogP contribution in [0.3, 0.4) is 0 Å². The molecule has 0 atom stereocenters. The average Bonchev–Trinajstić information content (AvgIpc) is 3.12. The highest BCUT2D eigenvalue weighted by molar-refractivity contribution is 6.30. The van der Waals surface area contributed by atoms with Crippen molar-refractivity contribution in [2.45, 2.75) is 13.3 Å². The van der Waals surface area contributed by atoms with Gasteiger partial charge in [0.05, 0.1) is 12.7 Å². The molecule has 0 bridgehead atoms. The Bertz CT molecular complexity index is 1230. The molecule has 6 heteroatoms. The second-order valence-corrected chi connectivity index (χ2v) is 7.20. The number of aryl methyl sites for hydroxylation is 1. The molecule has 0 aliphatic rings. The smallest absolute Gasteiger partial charge is 0.310 e. The van der Waals surface area contributed by atoms with Gasteiger partial charge >= 0.3 is 5.97 Å². The molecule has 1 amide bonds. The summed E-state index contributed by atoms with van der Waals surface area (Å²) in [6.45, 7) is 1.47. The molecule has 29 heavy (non-hydrogen) atoms. The summed E-state index contributed by atoms with van der Waals surface area (Å²) in [5.41, 5.74) is 2.90. The van der Waals surface area contributed by atoms with Gasteiger partial charge in [-0.25, -0.2) is 0 Å². The Kier molecular flexibility index (Phi) is 5.23. The lowest BCUT2D eigenvalue weighted by Gasteiger charge is -2.09. The lowest BCUT2D eigenvalue weighted by molar-refractivity contribution is -0.146. The van der Waals surface area contributed by atoms with Crippen molar-refractivity contribution in [1.29, 1.82) is 0 Å². The number of rotatable bonds is 5. The van der Waals surface area contributed by atoms with Gasteiger partial charge in [0.25, 0.3) is 5.91 Å². The highest BCUT2D eigenvalue weighted by Gasteiger charge is 2.15. The van der Waals surface area contributed by atoms with E-state index in [9.17, 15) is 9.59 Å². The van der Waals surface area contributed by atoms with Crippen molar-refractivity contribution >= 4 is 50.9 Å². The minimum atomic E-state index is -0.497. The van der Waals surface area contributed by atoms with E-state index in [1.54, 1.807) is 24.5 Å². The van der Waals surface area contributed by atoms with E-state index in [2.05, 4.69) is 5.32 Å². The molecule has 4 rings (SSSR count). The van der Waals surface area contributed by atoms with E-state index in [-0.39, 0.29) is 13.0 Å². The molecule has 0 spiro atoms. The van der Waals surface area contributed by atoms with Crippen molar-refractivity contribution in [3.63, 3.8) is 0 Å². The maximum Gasteiger partial charge on any atom is 0.310 e. The van der Waals surface area contributed by atoms with E-state index in [0.717, 1.165) is 27.3 Å². The fraction of sp³-hybridized carbons (Fsp3) is 0.130. The molecule has 1 heterocycles. The molecule has 0 aliphatic carbocycles. The molecule has 146 valence electrons. The van der Waals surface area contributed by atoms with Crippen molar-refractivity contribution < 1.29 is 18.7 Å². The van der Waals surface area contributed by atoms with Gasteiger partial charge in [-0.1, -0.05) is 41.9 Å². The van der Waals surface area contributed by atoms with Crippen molar-refractivity contribution in [3.05, 3.63) is 77.0 Å². The molecule has 0 radical (unpaired) electrons. The van der Waals surface area contributed by atoms with Crippen LogP contribution in [0.1, 0.15) is 11.1 Å². The standard InChI is InChI=1S/C23H18ClNO4/c1-14-10-17(24)7-8-19(14)25-21(26)13-29-22(27)11-16-12-28-20-9-6-15-4-2-3-5-18(15)23(16)20/h2-10,12H,11,13H2,1H3,(H,25,26). The largest absolute Gasteiger partial charge is 0.464 e. The van der Waals surface area contributed by atoms with Crippen LogP contribution < -0.4 is 5.32 Å². The molecule has 1 aromatic heterocycles. The molecule has 5 nitrogen and oxygen atoms in total. The van der Waals surface area contributed by atoms with E-state index >= 15 is 0 Å². The summed E-state index contributed by atoms with van der Waals surface area (Å²) < 4.78 is 10.7. The van der Waals surface area contributed by atoms with Crippen LogP contribution in [0.15, 0.2) is 65.3 Å². The van der Waals surface area contributed by atoms with Gasteiger partial charge in [0.15, 0.2) is 6.61 Å². The number of fused-ring (bicyclic) bond motifs is 3. The number of furan rings is 1. The first-order valence-corrected chi connectivity index (χ1v) is 9.48. The Morgan fingerprint density at radius 3 is 2.76 bits per heavy atom. The van der Waals surface area contributed by atoms with E-state index in [0.29, 0.717) is 16.3 Å². The number of amides is 1. The minimum Gasteiger partial charge on any atom is -0.464 e. The summed E-state index contributed by atoms with van der Waals surface area (Å²) in [5.74, 6) is -0.908. The van der Waals surface area contributed by atoms with Crippen LogP contribution in [0.5, 0.6) is 0 Å². The molecule has 3 aromatic carbocycles. The Morgan fingerprint density at radius 1 is 1.10 bits per heavy atom. The van der Waals surface area contributed by atoms with Gasteiger partial charge in [0.1, 0.15) is 5.58 Å². The average molecular weight is 408 g/mol. The highest BCUT2D eigenvalue weighted by atomic mass is 35.5. The Labute approximate surface area is 172 Å². The second-order valence-electron chi connectivity index (χ2n) is 6.77. The maximum atomic E-state index is 12.3. The number of halogens is 1. The lowest BCUT2D eigenvalue weighted by atomic mass is 10.0. The first-order chi connectivity index (χ1) is 14.0. The molecule has 0 fully saturated rings. The quantitative estimate of drug-likeness (QED) is 0.457. The van der Waals surface area contributed by atoms with Gasteiger partial charge in [-0.2, -0.15) is 0 Å². The van der Waals surface area contributed by atoms with Crippen LogP contribution in [0.25, 0.3) is 21.7 Å². The fourth-order valence-corrected chi connectivity index (χ4v) is 3.54. The summed E-state index contributed by atoms with van der Waals surface area (Å²) >= 11 is 5.91. The van der Waals surface area contributed by atoms with E-state index in [1.807, 2.05) is 43.3 Å². The van der Waals surface area contributed by atoms with Gasteiger partial charge in [-0.05, 0) is 47.5 Å². The van der Waals surface area contributed by atoms with Crippen LogP contribution in [0.4, 0.5) is 5.69 Å². The molecule has 4 aromatic rings. The van der Waals surface area contributed by atoms with Gasteiger partial charge < -0.3 is 14.5 Å². The van der Waals surface area contributed by atoms with Gasteiger partial charge in [-0.15, -0.1) is 0 Å². The summed E-state index contributed by atoms with van der Waals surface area (Å²) in [6, 6.07) is 16.9. The van der Waals surface area contributed by atoms with E-state index in [4.69, 9.17) is 20.8 Å². The molecule has 0 unspecified atom stereocenters. The third-order valence-electron chi connectivity index (χ3n) is 4.70. The number of nitrogens with one attached hydrogen (secondary N) is 1. The van der Waals surface area contributed by atoms with Gasteiger partial charge in [-0.3, -0.25) is 9.59 Å². The van der Waals surface area contributed by atoms with Crippen molar-refractivity contribution in [3.8, 4) is 0 Å². The van der Waals surface area contributed by atoms with Crippen LogP contribution in [-0.4, -0.2) is 18.5 Å². The number of hydrogen-bond acceptors (Lipinski definition) is 4. The highest BCUT2D eigenvalue weighted by Crippen LogP contribution is 2.30. The summed E-state index contributed by atoms with van der Waals surface area (Å²) in [5, 5.41) is 6.27. The zero-order valence-electron chi connectivity index (χ0n) is 15.7. The first kappa shape index (κ1) is 19.0. The summed E-state index contributed by atoms with van der Waals surface area (Å²) in [4.78, 5) is 24.4. The molecule has 0 saturated carbocycles. The van der Waals surface area contributed by atoms with Crippen molar-refractivity contribution in [2.75, 3.05) is 11.9 Å². The monoisotopic (exact) mass is 407 g/mol. The molecular weight excluding hydrogens is 390 g/mol. The number of esters is 1. The van der Waals surface area contributed by atoms with E-state index < -0.39 is 11.9 Å². The number of hydrogen-bond donors (Lipinski definition) is 1. The topological polar surface area (TPSA) is 68.5 Å². The number of carbonyl (C=O) groups is 2.